The average molecular weight is 313 g/mol. The van der Waals surface area contributed by atoms with Crippen LogP contribution >= 0.6 is 0 Å². The molecule has 5 nitrogen and oxygen atoms in total. The summed E-state index contributed by atoms with van der Waals surface area (Å²) in [6.45, 7) is 0. The van der Waals surface area contributed by atoms with Gasteiger partial charge in [-0.1, -0.05) is 12.2 Å². The Balaban J connectivity index is 1.90. The van der Waals surface area contributed by atoms with Crippen LogP contribution in [-0.2, 0) is 0 Å². The first-order valence-electron chi connectivity index (χ1n) is 7.72. The number of methoxy groups -OCH3 is 2. The van der Waals surface area contributed by atoms with Gasteiger partial charge in [0.05, 0.1) is 19.9 Å². The number of rotatable bonds is 3. The number of hydrogen-bond acceptors (Lipinski definition) is 4. The van der Waals surface area contributed by atoms with Crippen molar-refractivity contribution in [2.45, 2.75) is 24.7 Å². The molecule has 5 heteroatoms. The zero-order chi connectivity index (χ0) is 16.1. The quantitative estimate of drug-likeness (QED) is 0.852. The largest absolute Gasteiger partial charge is 0.494 e. The number of allylic oxidation sites excluding steroid dienone is 2. The van der Waals surface area contributed by atoms with Gasteiger partial charge in [-0.05, 0) is 25.0 Å². The molecule has 3 aliphatic carbocycles. The van der Waals surface area contributed by atoms with E-state index in [4.69, 9.17) is 9.47 Å². The van der Waals surface area contributed by atoms with E-state index in [1.54, 1.807) is 32.4 Å². The van der Waals surface area contributed by atoms with Crippen LogP contribution < -0.4 is 9.47 Å². The molecular weight excluding hydrogens is 294 g/mol. The van der Waals surface area contributed by atoms with Crippen LogP contribution in [0.5, 0.6) is 23.3 Å². The molecule has 0 saturated heterocycles. The van der Waals surface area contributed by atoms with Crippen molar-refractivity contribution in [1.29, 1.82) is 0 Å². The molecule has 3 aliphatic rings. The lowest BCUT2D eigenvalue weighted by atomic mass is 9.73. The van der Waals surface area contributed by atoms with Crippen LogP contribution in [0.1, 0.15) is 35.8 Å². The normalized spacial score (nSPS) is 21.3. The topological polar surface area (TPSA) is 63.9 Å². The lowest BCUT2D eigenvalue weighted by molar-refractivity contribution is 0.354. The Morgan fingerprint density at radius 1 is 0.913 bits per heavy atom. The summed E-state index contributed by atoms with van der Waals surface area (Å²) in [6, 6.07) is 5.31. The number of aromatic nitrogens is 1. The maximum Gasteiger partial charge on any atom is 0.202 e. The van der Waals surface area contributed by atoms with Gasteiger partial charge in [-0.25, -0.2) is 0 Å². The van der Waals surface area contributed by atoms with E-state index in [0.717, 1.165) is 24.0 Å². The van der Waals surface area contributed by atoms with Crippen LogP contribution in [0.15, 0.2) is 30.4 Å². The standard InChI is InChI=1S/C18H19NO4/c1-22-13-8-7-12(9-14(13)23-2)19-17(20)15-10-3-4-11(6-5-10)16(15)18(19)21/h3-4,7-11,20-21H,5-6H2,1-2H3/t10-,11+. The summed E-state index contributed by atoms with van der Waals surface area (Å²) < 4.78 is 12.1. The second kappa shape index (κ2) is 4.98. The van der Waals surface area contributed by atoms with Crippen molar-refractivity contribution in [3.63, 3.8) is 0 Å². The number of ether oxygens (including phenoxy) is 2. The first-order valence-corrected chi connectivity index (χ1v) is 7.72. The van der Waals surface area contributed by atoms with Crippen LogP contribution in [0.2, 0.25) is 0 Å². The fourth-order valence-corrected chi connectivity index (χ4v) is 3.82. The minimum atomic E-state index is 0.115. The van der Waals surface area contributed by atoms with Gasteiger partial charge in [0, 0.05) is 29.0 Å². The molecule has 1 aromatic carbocycles. The van der Waals surface area contributed by atoms with Gasteiger partial charge < -0.3 is 19.7 Å². The Morgan fingerprint density at radius 2 is 1.48 bits per heavy atom. The molecule has 2 atom stereocenters. The molecule has 120 valence electrons. The number of aromatic hydroxyl groups is 2. The lowest BCUT2D eigenvalue weighted by Crippen LogP contribution is -2.15. The summed E-state index contributed by atoms with van der Waals surface area (Å²) in [5.41, 5.74) is 2.36. The van der Waals surface area contributed by atoms with Gasteiger partial charge in [-0.2, -0.15) is 0 Å². The van der Waals surface area contributed by atoms with Gasteiger partial charge in [0.2, 0.25) is 11.8 Å². The number of benzene rings is 1. The van der Waals surface area contributed by atoms with Crippen LogP contribution in [-0.4, -0.2) is 29.0 Å². The summed E-state index contributed by atoms with van der Waals surface area (Å²) in [7, 11) is 3.14. The van der Waals surface area contributed by atoms with Crippen molar-refractivity contribution in [3.05, 3.63) is 41.5 Å². The highest BCUT2D eigenvalue weighted by Crippen LogP contribution is 2.54. The maximum atomic E-state index is 10.7. The number of nitrogens with zero attached hydrogens (tertiary/aromatic N) is 1. The third kappa shape index (κ3) is 1.86. The molecule has 2 aromatic rings. The highest BCUT2D eigenvalue weighted by Gasteiger charge is 2.38. The zero-order valence-electron chi connectivity index (χ0n) is 13.1. The van der Waals surface area contributed by atoms with E-state index >= 15 is 0 Å². The van der Waals surface area contributed by atoms with Crippen LogP contribution in [0, 0.1) is 0 Å². The Labute approximate surface area is 134 Å². The number of hydrogen-bond donors (Lipinski definition) is 2. The Morgan fingerprint density at radius 3 is 1.96 bits per heavy atom. The SMILES string of the molecule is COc1ccc(-n2c(O)c3c(c2O)[C@H]2C=C[C@@H]3CC2)cc1OC. The summed E-state index contributed by atoms with van der Waals surface area (Å²) in [6.07, 6.45) is 6.29. The molecule has 0 amide bonds. The molecule has 0 aliphatic heterocycles. The predicted molar refractivity (Wildman–Crippen MR) is 86.1 cm³/mol. The summed E-state index contributed by atoms with van der Waals surface area (Å²) in [4.78, 5) is 0. The average Bonchev–Trinajstić information content (AvgIpc) is 2.88. The molecule has 0 saturated carbocycles. The van der Waals surface area contributed by atoms with Gasteiger partial charge in [0.15, 0.2) is 11.5 Å². The highest BCUT2D eigenvalue weighted by atomic mass is 16.5. The number of fused-ring (bicyclic) bond motifs is 1. The monoisotopic (exact) mass is 313 g/mol. The second-order valence-corrected chi connectivity index (χ2v) is 6.02. The molecule has 2 N–H and O–H groups in total. The van der Waals surface area contributed by atoms with Crippen molar-refractivity contribution in [3.8, 4) is 28.9 Å². The fourth-order valence-electron chi connectivity index (χ4n) is 3.82. The summed E-state index contributed by atoms with van der Waals surface area (Å²) in [5.74, 6) is 1.75. The highest BCUT2D eigenvalue weighted by molar-refractivity contribution is 5.61. The van der Waals surface area contributed by atoms with E-state index < -0.39 is 0 Å². The molecule has 0 unspecified atom stereocenters. The van der Waals surface area contributed by atoms with Gasteiger partial charge in [0.1, 0.15) is 0 Å². The molecule has 1 aromatic heterocycles. The first kappa shape index (κ1) is 14.1. The van der Waals surface area contributed by atoms with E-state index in [1.165, 1.54) is 4.57 Å². The third-order valence-corrected chi connectivity index (χ3v) is 4.93. The lowest BCUT2D eigenvalue weighted by Gasteiger charge is -2.30. The summed E-state index contributed by atoms with van der Waals surface area (Å²) >= 11 is 0. The zero-order valence-corrected chi connectivity index (χ0v) is 13.1. The van der Waals surface area contributed by atoms with E-state index in [2.05, 4.69) is 12.2 Å². The van der Waals surface area contributed by atoms with E-state index in [9.17, 15) is 10.2 Å². The van der Waals surface area contributed by atoms with Gasteiger partial charge in [0.25, 0.3) is 0 Å². The van der Waals surface area contributed by atoms with Crippen molar-refractivity contribution in [2.24, 2.45) is 0 Å². The predicted octanol–water partition coefficient (Wildman–Crippen LogP) is 3.44. The Hall–Kier alpha value is -2.56. The van der Waals surface area contributed by atoms with Gasteiger partial charge in [-0.15, -0.1) is 0 Å². The van der Waals surface area contributed by atoms with Crippen LogP contribution in [0.3, 0.4) is 0 Å². The van der Waals surface area contributed by atoms with Crippen molar-refractivity contribution >= 4 is 0 Å². The minimum absolute atomic E-state index is 0.115. The molecule has 0 radical (unpaired) electrons. The Bertz CT molecular complexity index is 768. The Kier molecular flexibility index (Phi) is 3.04. The van der Waals surface area contributed by atoms with E-state index in [-0.39, 0.29) is 23.6 Å². The molecule has 5 rings (SSSR count). The molecule has 23 heavy (non-hydrogen) atoms. The molecule has 0 fully saturated rings. The fraction of sp³-hybridized carbons (Fsp3) is 0.333. The van der Waals surface area contributed by atoms with Gasteiger partial charge in [-0.3, -0.25) is 4.57 Å². The van der Waals surface area contributed by atoms with Crippen molar-refractivity contribution in [1.82, 2.24) is 4.57 Å². The van der Waals surface area contributed by atoms with Crippen LogP contribution in [0.4, 0.5) is 0 Å². The van der Waals surface area contributed by atoms with Gasteiger partial charge >= 0.3 is 0 Å². The molecular formula is C18H19NO4. The second-order valence-electron chi connectivity index (χ2n) is 6.02. The molecule has 0 spiro atoms. The first-order chi connectivity index (χ1) is 11.2. The van der Waals surface area contributed by atoms with Crippen LogP contribution in [0.25, 0.3) is 5.69 Å². The third-order valence-electron chi connectivity index (χ3n) is 4.93. The summed E-state index contributed by atoms with van der Waals surface area (Å²) in [5, 5.41) is 21.4. The maximum absolute atomic E-state index is 10.7. The van der Waals surface area contributed by atoms with Crippen molar-refractivity contribution in [2.75, 3.05) is 14.2 Å². The van der Waals surface area contributed by atoms with E-state index in [1.807, 2.05) is 0 Å². The minimum Gasteiger partial charge on any atom is -0.494 e. The van der Waals surface area contributed by atoms with E-state index in [0.29, 0.717) is 17.2 Å². The molecule has 1 heterocycles. The smallest absolute Gasteiger partial charge is 0.202 e. The van der Waals surface area contributed by atoms with Crippen molar-refractivity contribution < 1.29 is 19.7 Å². The molecule has 2 bridgehead atoms.